The third kappa shape index (κ3) is 2.96. The lowest BCUT2D eigenvalue weighted by atomic mass is 9.75. The Labute approximate surface area is 170 Å². The summed E-state index contributed by atoms with van der Waals surface area (Å²) in [5, 5.41) is 13.2. The van der Waals surface area contributed by atoms with E-state index >= 15 is 0 Å². The van der Waals surface area contributed by atoms with Crippen molar-refractivity contribution >= 4 is 11.7 Å². The van der Waals surface area contributed by atoms with Crippen LogP contribution in [0.1, 0.15) is 51.5 Å². The van der Waals surface area contributed by atoms with E-state index in [-0.39, 0.29) is 12.0 Å². The second kappa shape index (κ2) is 6.96. The van der Waals surface area contributed by atoms with Crippen molar-refractivity contribution < 1.29 is 14.6 Å². The van der Waals surface area contributed by atoms with E-state index in [1.54, 1.807) is 6.07 Å². The van der Waals surface area contributed by atoms with Crippen molar-refractivity contribution in [2.45, 2.75) is 25.3 Å². The quantitative estimate of drug-likeness (QED) is 0.644. The first-order chi connectivity index (χ1) is 14.2. The number of benzene rings is 3. The second-order valence-electron chi connectivity index (χ2n) is 7.78. The molecule has 2 N–H and O–H groups in total. The van der Waals surface area contributed by atoms with E-state index in [1.165, 1.54) is 16.7 Å². The van der Waals surface area contributed by atoms with E-state index in [2.05, 4.69) is 41.7 Å². The summed E-state index contributed by atoms with van der Waals surface area (Å²) in [7, 11) is 0. The summed E-state index contributed by atoms with van der Waals surface area (Å²) >= 11 is 0. The van der Waals surface area contributed by atoms with Crippen LogP contribution in [0.2, 0.25) is 0 Å². The van der Waals surface area contributed by atoms with Crippen LogP contribution in [-0.2, 0) is 6.42 Å². The molecule has 0 bridgehead atoms. The van der Waals surface area contributed by atoms with Gasteiger partial charge < -0.3 is 15.2 Å². The largest absolute Gasteiger partial charge is 0.494 e. The highest BCUT2D eigenvalue weighted by atomic mass is 16.5. The lowest BCUT2D eigenvalue weighted by Crippen LogP contribution is -2.30. The Morgan fingerprint density at radius 1 is 1.07 bits per heavy atom. The molecule has 29 heavy (non-hydrogen) atoms. The van der Waals surface area contributed by atoms with Crippen LogP contribution in [0.4, 0.5) is 5.69 Å². The van der Waals surface area contributed by atoms with Gasteiger partial charge in [0.05, 0.1) is 18.2 Å². The van der Waals surface area contributed by atoms with Crippen LogP contribution >= 0.6 is 0 Å². The fraction of sp³-hybridized carbons (Fsp3) is 0.240. The van der Waals surface area contributed by atoms with Gasteiger partial charge in [0, 0.05) is 11.6 Å². The number of rotatable bonds is 4. The lowest BCUT2D eigenvalue weighted by molar-refractivity contribution is 0.0696. The van der Waals surface area contributed by atoms with Gasteiger partial charge in [-0.2, -0.15) is 0 Å². The predicted molar refractivity (Wildman–Crippen MR) is 113 cm³/mol. The van der Waals surface area contributed by atoms with Crippen molar-refractivity contribution in [2.24, 2.45) is 5.92 Å². The van der Waals surface area contributed by atoms with Gasteiger partial charge >= 0.3 is 5.97 Å². The molecule has 0 aromatic heterocycles. The SMILES string of the molecule is CCOc1ccc([C@@H]2Nc3ccc(C(=O)O)cc3[C@H]3c4ccccc4C[C@@H]32)cc1. The molecular formula is C25H23NO3. The van der Waals surface area contributed by atoms with Gasteiger partial charge in [-0.3, -0.25) is 0 Å². The van der Waals surface area contributed by atoms with Crippen LogP contribution < -0.4 is 10.1 Å². The van der Waals surface area contributed by atoms with Crippen LogP contribution in [-0.4, -0.2) is 17.7 Å². The molecule has 146 valence electrons. The van der Waals surface area contributed by atoms with E-state index in [9.17, 15) is 9.90 Å². The molecule has 1 heterocycles. The molecule has 0 radical (unpaired) electrons. The van der Waals surface area contributed by atoms with Crippen molar-refractivity contribution in [1.29, 1.82) is 0 Å². The average molecular weight is 385 g/mol. The molecule has 1 aliphatic heterocycles. The summed E-state index contributed by atoms with van der Waals surface area (Å²) in [4.78, 5) is 11.6. The van der Waals surface area contributed by atoms with Crippen LogP contribution in [0.3, 0.4) is 0 Å². The number of carbonyl (C=O) groups is 1. The fourth-order valence-corrected chi connectivity index (χ4v) is 4.96. The highest BCUT2D eigenvalue weighted by Gasteiger charge is 2.43. The maximum absolute atomic E-state index is 11.6. The third-order valence-corrected chi connectivity index (χ3v) is 6.20. The molecule has 0 unspecified atom stereocenters. The minimum Gasteiger partial charge on any atom is -0.494 e. The first-order valence-electron chi connectivity index (χ1n) is 10.1. The predicted octanol–water partition coefficient (Wildman–Crippen LogP) is 5.25. The van der Waals surface area contributed by atoms with Crippen molar-refractivity contribution in [1.82, 2.24) is 0 Å². The fourth-order valence-electron chi connectivity index (χ4n) is 4.96. The van der Waals surface area contributed by atoms with Gasteiger partial charge in [0.25, 0.3) is 0 Å². The first-order valence-corrected chi connectivity index (χ1v) is 10.1. The number of aromatic carboxylic acids is 1. The first kappa shape index (κ1) is 17.8. The van der Waals surface area contributed by atoms with Crippen molar-refractivity contribution in [2.75, 3.05) is 11.9 Å². The van der Waals surface area contributed by atoms with Gasteiger partial charge in [0.15, 0.2) is 0 Å². The Morgan fingerprint density at radius 3 is 2.62 bits per heavy atom. The maximum atomic E-state index is 11.6. The molecule has 0 spiro atoms. The van der Waals surface area contributed by atoms with Crippen molar-refractivity contribution in [3.05, 3.63) is 94.5 Å². The number of anilines is 1. The maximum Gasteiger partial charge on any atom is 0.335 e. The standard InChI is InChI=1S/C25H23NO3/c1-2-29-18-10-7-15(8-11-18)24-21-13-16-5-3-4-6-19(16)23(21)20-14-17(25(27)28)9-12-22(20)26-24/h3-12,14,21,23-24,26H,2,13H2,1H3,(H,27,28)/t21-,23+,24-/m0/s1. The number of hydrogen-bond donors (Lipinski definition) is 2. The van der Waals surface area contributed by atoms with E-state index in [0.29, 0.717) is 18.1 Å². The van der Waals surface area contributed by atoms with E-state index < -0.39 is 5.97 Å². The van der Waals surface area contributed by atoms with Gasteiger partial charge in [0.1, 0.15) is 5.75 Å². The normalized spacial score (nSPS) is 21.5. The minimum atomic E-state index is -0.885. The highest BCUT2D eigenvalue weighted by Crippen LogP contribution is 2.53. The highest BCUT2D eigenvalue weighted by molar-refractivity contribution is 5.89. The molecule has 0 fully saturated rings. The molecule has 1 aliphatic carbocycles. The zero-order valence-electron chi connectivity index (χ0n) is 16.3. The topological polar surface area (TPSA) is 58.6 Å². The number of nitrogens with one attached hydrogen (secondary N) is 1. The number of carboxylic acids is 1. The molecule has 2 aliphatic rings. The van der Waals surface area contributed by atoms with Crippen molar-refractivity contribution in [3.8, 4) is 5.75 Å². The number of ether oxygens (including phenoxy) is 1. The number of carboxylic acid groups (broad SMARTS) is 1. The summed E-state index contributed by atoms with van der Waals surface area (Å²) in [5.41, 5.74) is 6.35. The van der Waals surface area contributed by atoms with Gasteiger partial charge in [-0.25, -0.2) is 4.79 Å². The molecule has 3 atom stereocenters. The Hall–Kier alpha value is -3.27. The van der Waals surface area contributed by atoms with Crippen LogP contribution in [0, 0.1) is 5.92 Å². The van der Waals surface area contributed by atoms with E-state index in [1.807, 2.05) is 31.2 Å². The molecule has 5 rings (SSSR count). The molecule has 0 amide bonds. The summed E-state index contributed by atoms with van der Waals surface area (Å²) in [5.74, 6) is 0.522. The molecule has 3 aromatic carbocycles. The molecule has 0 saturated heterocycles. The van der Waals surface area contributed by atoms with Gasteiger partial charge in [0.2, 0.25) is 0 Å². The molecule has 0 saturated carbocycles. The molecule has 4 heteroatoms. The van der Waals surface area contributed by atoms with Crippen LogP contribution in [0.15, 0.2) is 66.7 Å². The lowest BCUT2D eigenvalue weighted by Gasteiger charge is -2.38. The molecular weight excluding hydrogens is 362 g/mol. The molecule has 3 aromatic rings. The summed E-state index contributed by atoms with van der Waals surface area (Å²) in [6.45, 7) is 2.64. The van der Waals surface area contributed by atoms with E-state index in [0.717, 1.165) is 23.4 Å². The Balaban J connectivity index is 1.61. The summed E-state index contributed by atoms with van der Waals surface area (Å²) in [6.07, 6.45) is 0.975. The third-order valence-electron chi connectivity index (χ3n) is 6.20. The van der Waals surface area contributed by atoms with E-state index in [4.69, 9.17) is 4.74 Å². The summed E-state index contributed by atoms with van der Waals surface area (Å²) < 4.78 is 5.60. The Bertz CT molecular complexity index is 1070. The minimum absolute atomic E-state index is 0.159. The number of hydrogen-bond acceptors (Lipinski definition) is 3. The molecule has 4 nitrogen and oxygen atoms in total. The zero-order valence-corrected chi connectivity index (χ0v) is 16.3. The van der Waals surface area contributed by atoms with Gasteiger partial charge in [-0.1, -0.05) is 36.4 Å². The van der Waals surface area contributed by atoms with Gasteiger partial charge in [-0.05, 0) is 71.8 Å². The smallest absolute Gasteiger partial charge is 0.335 e. The Kier molecular flexibility index (Phi) is 4.27. The van der Waals surface area contributed by atoms with Crippen molar-refractivity contribution in [3.63, 3.8) is 0 Å². The van der Waals surface area contributed by atoms with Crippen LogP contribution in [0.25, 0.3) is 0 Å². The Morgan fingerprint density at radius 2 is 1.86 bits per heavy atom. The summed E-state index contributed by atoms with van der Waals surface area (Å²) in [6, 6.07) is 22.5. The van der Waals surface area contributed by atoms with Crippen LogP contribution in [0.5, 0.6) is 5.75 Å². The monoisotopic (exact) mass is 385 g/mol. The zero-order chi connectivity index (χ0) is 20.0. The number of fused-ring (bicyclic) bond motifs is 5. The average Bonchev–Trinajstić information content (AvgIpc) is 3.13. The second-order valence-corrected chi connectivity index (χ2v) is 7.78. The van der Waals surface area contributed by atoms with Gasteiger partial charge in [-0.15, -0.1) is 0 Å².